The van der Waals surface area contributed by atoms with Crippen molar-refractivity contribution in [3.8, 4) is 5.75 Å². The molecule has 8 heteroatoms. The second-order valence-electron chi connectivity index (χ2n) is 7.86. The van der Waals surface area contributed by atoms with Crippen LogP contribution in [0.2, 0.25) is 0 Å². The van der Waals surface area contributed by atoms with Crippen LogP contribution in [0.5, 0.6) is 5.75 Å². The minimum atomic E-state index is -0.587. The van der Waals surface area contributed by atoms with Gasteiger partial charge in [-0.1, -0.05) is 26.0 Å². The lowest BCUT2D eigenvalue weighted by molar-refractivity contribution is -0.136. The molecule has 1 fully saturated rings. The number of urea groups is 1. The van der Waals surface area contributed by atoms with Crippen LogP contribution in [0.4, 0.5) is 10.5 Å². The van der Waals surface area contributed by atoms with Crippen molar-refractivity contribution in [2.45, 2.75) is 39.4 Å². The Balaban J connectivity index is 1.68. The predicted octanol–water partition coefficient (Wildman–Crippen LogP) is 2.38. The number of hydrogen-bond donors (Lipinski definition) is 1. The summed E-state index contributed by atoms with van der Waals surface area (Å²) in [5.41, 5.74) is 1.44. The Hall–Kier alpha value is -3.03. The first-order valence-electron chi connectivity index (χ1n) is 9.52. The number of nitrogens with zero attached hydrogens (tertiary/aromatic N) is 5. The fourth-order valence-corrected chi connectivity index (χ4v) is 3.90. The third-order valence-electron chi connectivity index (χ3n) is 5.44. The molecule has 3 aliphatic heterocycles. The van der Waals surface area contributed by atoms with E-state index in [1.54, 1.807) is 25.2 Å². The molecule has 0 spiro atoms. The highest BCUT2D eigenvalue weighted by atomic mass is 16.3. The number of hydrogen-bond acceptors (Lipinski definition) is 6. The van der Waals surface area contributed by atoms with E-state index in [9.17, 15) is 14.7 Å². The van der Waals surface area contributed by atoms with Crippen LogP contribution < -0.4 is 4.90 Å². The summed E-state index contributed by atoms with van der Waals surface area (Å²) in [6, 6.07) is 6.10. The van der Waals surface area contributed by atoms with Gasteiger partial charge in [-0.3, -0.25) is 14.6 Å². The number of phenolic OH excluding ortho intramolecular Hbond substituents is 1. The van der Waals surface area contributed by atoms with Gasteiger partial charge in [-0.25, -0.2) is 9.79 Å². The Bertz CT molecular complexity index is 894. The number of likely N-dealkylation sites (N-methyl/N-ethyl adjacent to an activating group) is 1. The highest BCUT2D eigenvalue weighted by molar-refractivity contribution is 6.10. The Labute approximate surface area is 164 Å². The van der Waals surface area contributed by atoms with Gasteiger partial charge in [-0.15, -0.1) is 0 Å². The number of fused-ring (bicyclic) bond motifs is 3. The first kappa shape index (κ1) is 18.3. The van der Waals surface area contributed by atoms with Gasteiger partial charge in [0.2, 0.25) is 5.96 Å². The average Bonchev–Trinajstić information content (AvgIpc) is 3.15. The van der Waals surface area contributed by atoms with Crippen LogP contribution in [0, 0.1) is 5.92 Å². The molecule has 1 saturated heterocycles. The van der Waals surface area contributed by atoms with E-state index in [1.165, 1.54) is 9.80 Å². The van der Waals surface area contributed by atoms with Crippen molar-refractivity contribution in [1.29, 1.82) is 0 Å². The number of carbonyl (C=O) groups excluding carboxylic acids is 2. The molecular formula is C20H25N5O3. The summed E-state index contributed by atoms with van der Waals surface area (Å²) in [4.78, 5) is 37.2. The zero-order chi connectivity index (χ0) is 20.2. The monoisotopic (exact) mass is 383 g/mol. The molecule has 0 aliphatic carbocycles. The zero-order valence-corrected chi connectivity index (χ0v) is 16.5. The molecule has 28 heavy (non-hydrogen) atoms. The van der Waals surface area contributed by atoms with Gasteiger partial charge in [0, 0.05) is 25.5 Å². The summed E-state index contributed by atoms with van der Waals surface area (Å²) in [7, 11) is 1.68. The molecule has 4 rings (SSSR count). The number of amides is 3. The summed E-state index contributed by atoms with van der Waals surface area (Å²) in [6.45, 7) is 6.44. The lowest BCUT2D eigenvalue weighted by Crippen LogP contribution is -2.64. The van der Waals surface area contributed by atoms with Crippen LogP contribution in [0.15, 0.2) is 41.2 Å². The lowest BCUT2D eigenvalue weighted by Gasteiger charge is -2.40. The quantitative estimate of drug-likeness (QED) is 0.864. The van der Waals surface area contributed by atoms with Crippen molar-refractivity contribution < 1.29 is 14.7 Å². The molecule has 148 valence electrons. The zero-order valence-electron chi connectivity index (χ0n) is 16.5. The number of guanidine groups is 1. The standard InChI is InChI=1S/C20H25N5O3/c1-12(2)9-10-23-18(27)16-17(22(4)20(23)28)21-19-24(16)11-13(3)25(19)14-7-5-6-8-15(14)26/h5-8,11-12,16-17,26H,9-10H2,1-4H3. The van der Waals surface area contributed by atoms with E-state index in [2.05, 4.69) is 13.8 Å². The first-order valence-corrected chi connectivity index (χ1v) is 9.52. The normalized spacial score (nSPS) is 24.0. The van der Waals surface area contributed by atoms with Crippen LogP contribution in [-0.4, -0.2) is 63.5 Å². The average molecular weight is 383 g/mol. The van der Waals surface area contributed by atoms with Crippen LogP contribution in [-0.2, 0) is 4.79 Å². The van der Waals surface area contributed by atoms with Crippen molar-refractivity contribution in [1.82, 2.24) is 14.7 Å². The van der Waals surface area contributed by atoms with Gasteiger partial charge in [0.1, 0.15) is 5.75 Å². The predicted molar refractivity (Wildman–Crippen MR) is 106 cm³/mol. The lowest BCUT2D eigenvalue weighted by atomic mass is 10.1. The topological polar surface area (TPSA) is 79.7 Å². The summed E-state index contributed by atoms with van der Waals surface area (Å²) < 4.78 is 0. The maximum atomic E-state index is 13.2. The van der Waals surface area contributed by atoms with Crippen molar-refractivity contribution in [3.63, 3.8) is 0 Å². The maximum Gasteiger partial charge on any atom is 0.328 e. The molecule has 0 bridgehead atoms. The Morgan fingerprint density at radius 2 is 1.93 bits per heavy atom. The maximum absolute atomic E-state index is 13.2. The third-order valence-corrected chi connectivity index (χ3v) is 5.44. The number of aliphatic imine (C=N–C) groups is 1. The Morgan fingerprint density at radius 3 is 2.61 bits per heavy atom. The van der Waals surface area contributed by atoms with Gasteiger partial charge in [-0.2, -0.15) is 0 Å². The van der Waals surface area contributed by atoms with E-state index in [-0.39, 0.29) is 17.7 Å². The number of imide groups is 1. The summed E-state index contributed by atoms with van der Waals surface area (Å²) in [5.74, 6) is 0.844. The van der Waals surface area contributed by atoms with Crippen LogP contribution >= 0.6 is 0 Å². The van der Waals surface area contributed by atoms with Crippen LogP contribution in [0.1, 0.15) is 27.2 Å². The van der Waals surface area contributed by atoms with Gasteiger partial charge in [0.15, 0.2) is 12.2 Å². The second-order valence-corrected chi connectivity index (χ2v) is 7.86. The van der Waals surface area contributed by atoms with Gasteiger partial charge < -0.3 is 14.9 Å². The largest absolute Gasteiger partial charge is 0.506 e. The number of para-hydroxylation sites is 2. The van der Waals surface area contributed by atoms with E-state index in [0.29, 0.717) is 24.1 Å². The number of anilines is 1. The number of rotatable bonds is 4. The number of phenols is 1. The third kappa shape index (κ3) is 2.63. The van der Waals surface area contributed by atoms with Gasteiger partial charge in [-0.05, 0) is 31.4 Å². The fourth-order valence-electron chi connectivity index (χ4n) is 3.90. The smallest absolute Gasteiger partial charge is 0.328 e. The van der Waals surface area contributed by atoms with Crippen molar-refractivity contribution >= 4 is 23.6 Å². The molecule has 3 heterocycles. The van der Waals surface area contributed by atoms with Crippen molar-refractivity contribution in [2.24, 2.45) is 10.9 Å². The second kappa shape index (κ2) is 6.54. The molecule has 2 atom stereocenters. The molecule has 1 N–H and O–H groups in total. The molecule has 1 aromatic carbocycles. The van der Waals surface area contributed by atoms with Crippen molar-refractivity contribution in [2.75, 3.05) is 18.5 Å². The minimum absolute atomic E-state index is 0.129. The number of allylic oxidation sites excluding steroid dienone is 1. The summed E-state index contributed by atoms with van der Waals surface area (Å²) in [5, 5.41) is 10.3. The summed E-state index contributed by atoms with van der Waals surface area (Å²) >= 11 is 0. The molecule has 0 aromatic heterocycles. The highest BCUT2D eigenvalue weighted by Crippen LogP contribution is 2.39. The molecule has 0 radical (unpaired) electrons. The fraction of sp³-hybridized carbons (Fsp3) is 0.450. The molecule has 0 saturated carbocycles. The van der Waals surface area contributed by atoms with Crippen LogP contribution in [0.25, 0.3) is 0 Å². The Kier molecular flexibility index (Phi) is 4.28. The first-order chi connectivity index (χ1) is 13.3. The number of carbonyl (C=O) groups is 2. The molecule has 3 aliphatic rings. The molecule has 3 amide bonds. The van der Waals surface area contributed by atoms with Crippen molar-refractivity contribution in [3.05, 3.63) is 36.2 Å². The van der Waals surface area contributed by atoms with Gasteiger partial charge in [0.25, 0.3) is 5.91 Å². The van der Waals surface area contributed by atoms with Crippen LogP contribution in [0.3, 0.4) is 0 Å². The highest BCUT2D eigenvalue weighted by Gasteiger charge is 2.54. The summed E-state index contributed by atoms with van der Waals surface area (Å²) in [6.07, 6.45) is 2.04. The van der Waals surface area contributed by atoms with E-state index >= 15 is 0 Å². The molecule has 8 nitrogen and oxygen atoms in total. The van der Waals surface area contributed by atoms with Gasteiger partial charge >= 0.3 is 6.03 Å². The SMILES string of the molecule is CC1=CN2C(=NC3C2C(=O)N(CCC(C)C)C(=O)N3C)N1c1ccccc1O. The Morgan fingerprint density at radius 1 is 1.21 bits per heavy atom. The van der Waals surface area contributed by atoms with E-state index < -0.39 is 12.2 Å². The van der Waals surface area contributed by atoms with E-state index in [0.717, 1.165) is 12.1 Å². The van der Waals surface area contributed by atoms with Gasteiger partial charge in [0.05, 0.1) is 5.69 Å². The number of aromatic hydroxyl groups is 1. The molecule has 1 aromatic rings. The van der Waals surface area contributed by atoms with E-state index in [1.807, 2.05) is 29.0 Å². The van der Waals surface area contributed by atoms with E-state index in [4.69, 9.17) is 4.99 Å². The number of benzene rings is 1. The molecule has 2 unspecified atom stereocenters. The minimum Gasteiger partial charge on any atom is -0.506 e. The molecular weight excluding hydrogens is 358 g/mol.